The zero-order valence-corrected chi connectivity index (χ0v) is 19.4. The molecule has 0 saturated heterocycles. The van der Waals surface area contributed by atoms with E-state index >= 15 is 0 Å². The van der Waals surface area contributed by atoms with Crippen LogP contribution in [0.2, 0.25) is 0 Å². The van der Waals surface area contributed by atoms with Gasteiger partial charge in [0.05, 0.1) is 12.8 Å². The summed E-state index contributed by atoms with van der Waals surface area (Å²) >= 11 is 0. The summed E-state index contributed by atoms with van der Waals surface area (Å²) in [6.07, 6.45) is 4.91. The van der Waals surface area contributed by atoms with E-state index in [0.717, 1.165) is 42.4 Å². The number of ether oxygens (including phenoxy) is 1. The van der Waals surface area contributed by atoms with Gasteiger partial charge in [0.2, 0.25) is 0 Å². The molecule has 0 aliphatic heterocycles. The van der Waals surface area contributed by atoms with E-state index in [2.05, 4.69) is 13.5 Å². The largest absolute Gasteiger partial charge is 0.481 e. The van der Waals surface area contributed by atoms with Crippen LogP contribution < -0.4 is 0 Å². The van der Waals surface area contributed by atoms with Gasteiger partial charge in [-0.3, -0.25) is 14.4 Å². The monoisotopic (exact) mass is 442 g/mol. The predicted molar refractivity (Wildman–Crippen MR) is 123 cm³/mol. The molecule has 0 aromatic heterocycles. The number of aliphatic carboxylic acids is 2. The number of hydrogen-bond acceptors (Lipinski definition) is 4. The number of carboxylic acids is 2. The lowest BCUT2D eigenvalue weighted by molar-refractivity contribution is -0.146. The van der Waals surface area contributed by atoms with Crippen LogP contribution in [0.3, 0.4) is 0 Å². The van der Waals surface area contributed by atoms with Crippen LogP contribution in [0.4, 0.5) is 0 Å². The first-order valence-electron chi connectivity index (χ1n) is 11.1. The van der Waals surface area contributed by atoms with Crippen molar-refractivity contribution in [1.82, 2.24) is 0 Å². The molecule has 0 bridgehead atoms. The first-order chi connectivity index (χ1) is 15.0. The number of unbranched alkanes of at least 4 members (excludes halogenated alkanes) is 2. The van der Waals surface area contributed by atoms with Gasteiger partial charge in [-0.05, 0) is 54.5 Å². The molecule has 2 rings (SSSR count). The quantitative estimate of drug-likeness (QED) is 0.289. The van der Waals surface area contributed by atoms with Crippen molar-refractivity contribution in [3.63, 3.8) is 0 Å². The number of hydrogen-bond donors (Lipinski definition) is 2. The molecule has 0 radical (unpaired) electrons. The zero-order valence-electron chi connectivity index (χ0n) is 19.4. The second-order valence-electron chi connectivity index (χ2n) is 8.76. The summed E-state index contributed by atoms with van der Waals surface area (Å²) < 4.78 is 5.58. The summed E-state index contributed by atoms with van der Waals surface area (Å²) in [5.41, 5.74) is 4.54. The average Bonchev–Trinajstić information content (AvgIpc) is 2.96. The smallest absolute Gasteiger partial charge is 0.307 e. The number of carbonyl (C=O) groups is 3. The molecule has 1 aliphatic rings. The minimum Gasteiger partial charge on any atom is -0.481 e. The van der Waals surface area contributed by atoms with Gasteiger partial charge >= 0.3 is 17.9 Å². The van der Waals surface area contributed by atoms with Crippen LogP contribution in [0.1, 0.15) is 75.1 Å². The molecule has 1 aliphatic carbocycles. The van der Waals surface area contributed by atoms with Crippen molar-refractivity contribution in [2.75, 3.05) is 0 Å². The number of carboxylic acid groups (broad SMARTS) is 2. The van der Waals surface area contributed by atoms with E-state index in [1.54, 1.807) is 0 Å². The first-order valence-corrected chi connectivity index (χ1v) is 11.1. The van der Waals surface area contributed by atoms with Gasteiger partial charge < -0.3 is 14.9 Å². The van der Waals surface area contributed by atoms with Crippen LogP contribution in [0, 0.1) is 5.92 Å². The van der Waals surface area contributed by atoms with Crippen molar-refractivity contribution in [1.29, 1.82) is 0 Å². The van der Waals surface area contributed by atoms with Gasteiger partial charge in [0, 0.05) is 18.8 Å². The Bertz CT molecular complexity index is 889. The molecule has 0 heterocycles. The fourth-order valence-corrected chi connectivity index (χ4v) is 4.75. The molecule has 6 heteroatoms. The lowest BCUT2D eigenvalue weighted by atomic mass is 9.77. The standard InChI is InChI=1S/C26H34O6/c1-6-7-8-9-18-11-19(13-22(28)29)25(20(12-18)14-23(30)31)21-10-16(4)26(32-17(5)27)24(21)15(2)3/h10-12,21,24,26H,2,6-9,13-14H2,1,3-5H3,(H,28,29)(H,30,31)/t21-,24+,26?/m1/s1. The summed E-state index contributed by atoms with van der Waals surface area (Å²) in [6.45, 7) is 11.3. The summed E-state index contributed by atoms with van der Waals surface area (Å²) in [6, 6.07) is 3.81. The van der Waals surface area contributed by atoms with E-state index in [4.69, 9.17) is 4.74 Å². The summed E-state index contributed by atoms with van der Waals surface area (Å²) in [4.78, 5) is 35.1. The van der Waals surface area contributed by atoms with E-state index in [1.807, 2.05) is 32.1 Å². The Hall–Kier alpha value is -2.89. The normalized spacial score (nSPS) is 20.0. The van der Waals surface area contributed by atoms with Crippen molar-refractivity contribution in [3.8, 4) is 0 Å². The van der Waals surface area contributed by atoms with Crippen LogP contribution >= 0.6 is 0 Å². The zero-order chi connectivity index (χ0) is 24.0. The Morgan fingerprint density at radius 1 is 1.03 bits per heavy atom. The minimum absolute atomic E-state index is 0.200. The van der Waals surface area contributed by atoms with Gasteiger partial charge in [-0.1, -0.05) is 50.1 Å². The molecule has 3 atom stereocenters. The van der Waals surface area contributed by atoms with Crippen molar-refractivity contribution >= 4 is 17.9 Å². The second-order valence-corrected chi connectivity index (χ2v) is 8.76. The molecule has 0 spiro atoms. The van der Waals surface area contributed by atoms with Crippen LogP contribution in [-0.2, 0) is 38.4 Å². The maximum atomic E-state index is 11.7. The highest BCUT2D eigenvalue weighted by Gasteiger charge is 2.40. The van der Waals surface area contributed by atoms with Crippen molar-refractivity contribution in [3.05, 3.63) is 58.2 Å². The highest BCUT2D eigenvalue weighted by atomic mass is 16.5. The van der Waals surface area contributed by atoms with Crippen molar-refractivity contribution in [2.45, 2.75) is 78.2 Å². The Balaban J connectivity index is 2.66. The Morgan fingerprint density at radius 2 is 1.59 bits per heavy atom. The number of aryl methyl sites for hydroxylation is 1. The van der Waals surface area contributed by atoms with Crippen LogP contribution in [-0.4, -0.2) is 34.2 Å². The molecule has 6 nitrogen and oxygen atoms in total. The highest BCUT2D eigenvalue weighted by molar-refractivity contribution is 5.74. The van der Waals surface area contributed by atoms with Crippen molar-refractivity contribution < 1.29 is 29.3 Å². The topological polar surface area (TPSA) is 101 Å². The van der Waals surface area contributed by atoms with Crippen LogP contribution in [0.15, 0.2) is 35.9 Å². The van der Waals surface area contributed by atoms with E-state index in [1.165, 1.54) is 6.92 Å². The molecular weight excluding hydrogens is 408 g/mol. The molecular formula is C26H34O6. The fourth-order valence-electron chi connectivity index (χ4n) is 4.75. The third-order valence-electron chi connectivity index (χ3n) is 5.96. The van der Waals surface area contributed by atoms with Crippen LogP contribution in [0.25, 0.3) is 0 Å². The molecule has 32 heavy (non-hydrogen) atoms. The number of rotatable bonds is 11. The van der Waals surface area contributed by atoms with Gasteiger partial charge in [0.1, 0.15) is 6.10 Å². The fraction of sp³-hybridized carbons (Fsp3) is 0.500. The maximum absolute atomic E-state index is 11.7. The Labute approximate surface area is 190 Å². The lowest BCUT2D eigenvalue weighted by Gasteiger charge is -2.29. The summed E-state index contributed by atoms with van der Waals surface area (Å²) in [5, 5.41) is 19.2. The SMILES string of the molecule is C=C(C)[C@@H]1C(OC(C)=O)C(C)=C[C@H]1c1c(CC(=O)O)cc(CCCCC)cc1CC(=O)O. The van der Waals surface area contributed by atoms with Gasteiger partial charge in [-0.25, -0.2) is 0 Å². The van der Waals surface area contributed by atoms with Crippen LogP contribution in [0.5, 0.6) is 0 Å². The number of allylic oxidation sites excluding steroid dienone is 1. The van der Waals surface area contributed by atoms with E-state index in [0.29, 0.717) is 16.7 Å². The number of esters is 1. The highest BCUT2D eigenvalue weighted by Crippen LogP contribution is 2.46. The molecule has 0 saturated carbocycles. The summed E-state index contributed by atoms with van der Waals surface area (Å²) in [5.74, 6) is -2.95. The molecule has 174 valence electrons. The molecule has 0 amide bonds. The molecule has 1 unspecified atom stereocenters. The van der Waals surface area contributed by atoms with Crippen molar-refractivity contribution in [2.24, 2.45) is 5.92 Å². The van der Waals surface area contributed by atoms with E-state index in [-0.39, 0.29) is 24.7 Å². The number of benzene rings is 1. The van der Waals surface area contributed by atoms with Gasteiger partial charge in [0.25, 0.3) is 0 Å². The van der Waals surface area contributed by atoms with E-state index < -0.39 is 24.0 Å². The third kappa shape index (κ3) is 6.31. The van der Waals surface area contributed by atoms with Gasteiger partial charge in [-0.2, -0.15) is 0 Å². The van der Waals surface area contributed by atoms with E-state index in [9.17, 15) is 24.6 Å². The molecule has 1 aromatic rings. The molecule has 2 N–H and O–H groups in total. The Kier molecular flexibility index (Phi) is 8.81. The first kappa shape index (κ1) is 25.4. The minimum atomic E-state index is -0.972. The molecule has 0 fully saturated rings. The molecule has 1 aromatic carbocycles. The Morgan fingerprint density at radius 3 is 2.03 bits per heavy atom. The second kappa shape index (κ2) is 11.1. The predicted octanol–water partition coefficient (Wildman–Crippen LogP) is 4.84. The summed E-state index contributed by atoms with van der Waals surface area (Å²) in [7, 11) is 0. The van der Waals surface area contributed by atoms with Gasteiger partial charge in [-0.15, -0.1) is 0 Å². The number of carbonyl (C=O) groups excluding carboxylic acids is 1. The van der Waals surface area contributed by atoms with Gasteiger partial charge in [0.15, 0.2) is 0 Å². The average molecular weight is 443 g/mol. The maximum Gasteiger partial charge on any atom is 0.307 e. The lowest BCUT2D eigenvalue weighted by Crippen LogP contribution is -2.28. The third-order valence-corrected chi connectivity index (χ3v) is 5.96.